The summed E-state index contributed by atoms with van der Waals surface area (Å²) in [4.78, 5) is 43.4. The number of hydrogen-bond acceptors (Lipinski definition) is 6. The lowest BCUT2D eigenvalue weighted by molar-refractivity contribution is -0.143. The number of anilines is 1. The molecule has 34 heavy (non-hydrogen) atoms. The number of carbonyl (C=O) groups excluding carboxylic acids is 3. The third-order valence-electron chi connectivity index (χ3n) is 6.84. The Hall–Kier alpha value is -3.65. The molecule has 2 amide bonds. The molecule has 0 bridgehead atoms. The summed E-state index contributed by atoms with van der Waals surface area (Å²) in [5.41, 5.74) is 0.413. The molecule has 2 atom stereocenters. The second-order valence-electron chi connectivity index (χ2n) is 8.90. The van der Waals surface area contributed by atoms with Crippen molar-refractivity contribution in [1.82, 2.24) is 4.90 Å². The van der Waals surface area contributed by atoms with Gasteiger partial charge < -0.3 is 24.4 Å². The average molecular weight is 463 g/mol. The lowest BCUT2D eigenvalue weighted by Gasteiger charge is -2.34. The monoisotopic (exact) mass is 462 g/mol. The number of ether oxygens (including phenoxy) is 2. The molecule has 3 heterocycles. The number of likely N-dealkylation sites (N-methyl/N-ethyl adjacent to an activating group) is 1. The van der Waals surface area contributed by atoms with Crippen LogP contribution in [0.25, 0.3) is 5.76 Å². The molecular weight excluding hydrogens is 436 g/mol. The van der Waals surface area contributed by atoms with Crippen LogP contribution < -0.4 is 9.64 Å². The van der Waals surface area contributed by atoms with Crippen LogP contribution in [-0.4, -0.2) is 61.0 Å². The molecule has 3 aliphatic heterocycles. The molecule has 1 spiro atoms. The van der Waals surface area contributed by atoms with Gasteiger partial charge in [-0.25, -0.2) is 0 Å². The highest BCUT2D eigenvalue weighted by Crippen LogP contribution is 2.53. The topological polar surface area (TPSA) is 96.4 Å². The molecule has 0 saturated carbocycles. The largest absolute Gasteiger partial charge is 0.507 e. The average Bonchev–Trinajstić information content (AvgIpc) is 3.39. The molecule has 1 N–H and O–H groups in total. The van der Waals surface area contributed by atoms with E-state index in [0.717, 1.165) is 11.3 Å². The first-order valence-corrected chi connectivity index (χ1v) is 11.3. The van der Waals surface area contributed by atoms with Gasteiger partial charge in [0.2, 0.25) is 0 Å². The number of fused-ring (bicyclic) bond motifs is 3. The fourth-order valence-corrected chi connectivity index (χ4v) is 5.35. The Morgan fingerprint density at radius 2 is 1.97 bits per heavy atom. The van der Waals surface area contributed by atoms with Crippen LogP contribution >= 0.6 is 0 Å². The highest BCUT2D eigenvalue weighted by atomic mass is 16.5. The van der Waals surface area contributed by atoms with E-state index in [9.17, 15) is 19.5 Å². The second kappa shape index (κ2) is 7.99. The molecule has 5 rings (SSSR count). The highest BCUT2D eigenvalue weighted by molar-refractivity contribution is 6.50. The van der Waals surface area contributed by atoms with Crippen LogP contribution in [0.3, 0.4) is 0 Å². The number of ketones is 1. The molecule has 8 nitrogen and oxygen atoms in total. The normalized spacial score (nSPS) is 24.7. The van der Waals surface area contributed by atoms with Crippen molar-refractivity contribution in [3.8, 4) is 5.75 Å². The van der Waals surface area contributed by atoms with Crippen molar-refractivity contribution in [2.24, 2.45) is 0 Å². The van der Waals surface area contributed by atoms with Gasteiger partial charge in [0, 0.05) is 50.5 Å². The summed E-state index contributed by atoms with van der Waals surface area (Å²) >= 11 is 0. The summed E-state index contributed by atoms with van der Waals surface area (Å²) in [7, 11) is 3.16. The van der Waals surface area contributed by atoms with Crippen molar-refractivity contribution in [1.29, 1.82) is 0 Å². The number of nitrogens with zero attached hydrogens (tertiary/aromatic N) is 2. The van der Waals surface area contributed by atoms with Crippen LogP contribution in [0, 0.1) is 0 Å². The maximum absolute atomic E-state index is 13.9. The molecule has 3 aliphatic rings. The van der Waals surface area contributed by atoms with E-state index in [0.29, 0.717) is 36.3 Å². The van der Waals surface area contributed by atoms with Gasteiger partial charge in [-0.05, 0) is 43.2 Å². The first-order chi connectivity index (χ1) is 16.3. The summed E-state index contributed by atoms with van der Waals surface area (Å²) in [6, 6.07) is 12.2. The van der Waals surface area contributed by atoms with Crippen LogP contribution in [0.2, 0.25) is 0 Å². The molecular formula is C26H26N2O6. The van der Waals surface area contributed by atoms with Gasteiger partial charge in [-0.15, -0.1) is 0 Å². The summed E-state index contributed by atoms with van der Waals surface area (Å²) in [6.45, 7) is 2.43. The van der Waals surface area contributed by atoms with Gasteiger partial charge in [-0.1, -0.05) is 18.2 Å². The molecule has 8 heteroatoms. The zero-order valence-electron chi connectivity index (χ0n) is 19.3. The number of aliphatic hydroxyl groups is 1. The minimum absolute atomic E-state index is 0.00860. The van der Waals surface area contributed by atoms with E-state index in [-0.39, 0.29) is 24.0 Å². The van der Waals surface area contributed by atoms with E-state index in [2.05, 4.69) is 0 Å². The van der Waals surface area contributed by atoms with Crippen molar-refractivity contribution < 1.29 is 29.0 Å². The minimum atomic E-state index is -1.74. The van der Waals surface area contributed by atoms with Gasteiger partial charge in [0.15, 0.2) is 5.54 Å². The van der Waals surface area contributed by atoms with Crippen LogP contribution in [0.5, 0.6) is 5.75 Å². The standard InChI is InChI=1S/C26H26N2O6/c1-15-13-17-14-16(9-10-20(17)34-15)22(29)21-23(30)24(31)28(11-6-12-33-3)26(21)18-7-4-5-8-19(18)27(2)25(26)32/h4-5,7-10,14-15,29H,6,11-13H2,1-3H3/t15-,26+/m0/s1. The van der Waals surface area contributed by atoms with Crippen LogP contribution in [0.15, 0.2) is 48.0 Å². The van der Waals surface area contributed by atoms with E-state index in [4.69, 9.17) is 9.47 Å². The Morgan fingerprint density at radius 1 is 1.21 bits per heavy atom. The number of carbonyl (C=O) groups is 3. The Labute approximate surface area is 197 Å². The van der Waals surface area contributed by atoms with E-state index < -0.39 is 23.1 Å². The van der Waals surface area contributed by atoms with E-state index in [1.54, 1.807) is 56.6 Å². The molecule has 0 radical (unpaired) electrons. The SMILES string of the molecule is COCCCN1C(=O)C(=O)C(=C(O)c2ccc3c(c2)C[C@H](C)O3)[C@]12C(=O)N(C)c1ccccc12. The number of rotatable bonds is 5. The van der Waals surface area contributed by atoms with E-state index >= 15 is 0 Å². The number of benzene rings is 2. The fraction of sp³-hybridized carbons (Fsp3) is 0.346. The van der Waals surface area contributed by atoms with Gasteiger partial charge in [0.05, 0.1) is 5.57 Å². The van der Waals surface area contributed by atoms with Gasteiger partial charge in [-0.3, -0.25) is 14.4 Å². The molecule has 0 aromatic heterocycles. The van der Waals surface area contributed by atoms with E-state index in [1.807, 2.05) is 6.92 Å². The smallest absolute Gasteiger partial charge is 0.296 e. The summed E-state index contributed by atoms with van der Waals surface area (Å²) < 4.78 is 10.9. The highest BCUT2D eigenvalue weighted by Gasteiger charge is 2.66. The zero-order chi connectivity index (χ0) is 24.2. The number of Topliss-reactive ketones (excluding diaryl/α,β-unsaturated/α-hetero) is 1. The van der Waals surface area contributed by atoms with E-state index in [1.165, 1.54) is 9.80 Å². The van der Waals surface area contributed by atoms with Crippen molar-refractivity contribution in [2.75, 3.05) is 32.2 Å². The predicted molar refractivity (Wildman–Crippen MR) is 125 cm³/mol. The van der Waals surface area contributed by atoms with Crippen molar-refractivity contribution >= 4 is 29.0 Å². The van der Waals surface area contributed by atoms with Gasteiger partial charge in [0.25, 0.3) is 17.6 Å². The van der Waals surface area contributed by atoms with Crippen molar-refractivity contribution in [2.45, 2.75) is 31.4 Å². The van der Waals surface area contributed by atoms with Gasteiger partial charge >= 0.3 is 0 Å². The van der Waals surface area contributed by atoms with Crippen LogP contribution in [0.1, 0.15) is 30.0 Å². The minimum Gasteiger partial charge on any atom is -0.507 e. The molecule has 176 valence electrons. The quantitative estimate of drug-likeness (QED) is 0.318. The molecule has 1 saturated heterocycles. The van der Waals surface area contributed by atoms with Crippen molar-refractivity contribution in [3.63, 3.8) is 0 Å². The second-order valence-corrected chi connectivity index (χ2v) is 8.90. The Morgan fingerprint density at radius 3 is 2.74 bits per heavy atom. The third-order valence-corrected chi connectivity index (χ3v) is 6.84. The predicted octanol–water partition coefficient (Wildman–Crippen LogP) is 2.60. The molecule has 1 fully saturated rings. The first-order valence-electron chi connectivity index (χ1n) is 11.3. The lowest BCUT2D eigenvalue weighted by atomic mass is 9.81. The number of hydrogen-bond donors (Lipinski definition) is 1. The molecule has 2 aromatic carbocycles. The van der Waals surface area contributed by atoms with Gasteiger partial charge in [-0.2, -0.15) is 0 Å². The van der Waals surface area contributed by atoms with Crippen molar-refractivity contribution in [3.05, 3.63) is 64.7 Å². The fourth-order valence-electron chi connectivity index (χ4n) is 5.35. The maximum atomic E-state index is 13.9. The number of aliphatic hydroxyl groups excluding tert-OH is 1. The van der Waals surface area contributed by atoms with Crippen LogP contribution in [0.4, 0.5) is 5.69 Å². The number of likely N-dealkylation sites (tertiary alicyclic amines) is 1. The molecule has 0 aliphatic carbocycles. The molecule has 0 unspecified atom stereocenters. The third kappa shape index (κ3) is 2.91. The Balaban J connectivity index is 1.75. The zero-order valence-corrected chi connectivity index (χ0v) is 19.3. The molecule has 2 aromatic rings. The number of methoxy groups -OCH3 is 1. The van der Waals surface area contributed by atoms with Crippen LogP contribution in [-0.2, 0) is 31.1 Å². The lowest BCUT2D eigenvalue weighted by Crippen LogP contribution is -2.51. The van der Waals surface area contributed by atoms with Gasteiger partial charge in [0.1, 0.15) is 17.6 Å². The summed E-state index contributed by atoms with van der Waals surface area (Å²) in [5.74, 6) is -1.79. The number of amides is 2. The number of para-hydroxylation sites is 1. The Kier molecular flexibility index (Phi) is 5.20. The first kappa shape index (κ1) is 22.2. The summed E-state index contributed by atoms with van der Waals surface area (Å²) in [6.07, 6.45) is 1.10. The Bertz CT molecular complexity index is 1250. The maximum Gasteiger partial charge on any atom is 0.296 e. The summed E-state index contributed by atoms with van der Waals surface area (Å²) in [5, 5.41) is 11.5.